The highest BCUT2D eigenvalue weighted by Crippen LogP contribution is 2.25. The van der Waals surface area contributed by atoms with Gasteiger partial charge in [-0.15, -0.1) is 0 Å². The first kappa shape index (κ1) is 12.4. The van der Waals surface area contributed by atoms with Crippen molar-refractivity contribution >= 4 is 0 Å². The Kier molecular flexibility index (Phi) is 4.37. The molecule has 0 radical (unpaired) electrons. The van der Waals surface area contributed by atoms with Crippen LogP contribution < -0.4 is 10.5 Å². The van der Waals surface area contributed by atoms with E-state index in [1.54, 1.807) is 0 Å². The van der Waals surface area contributed by atoms with Gasteiger partial charge in [-0.1, -0.05) is 19.8 Å². The highest BCUT2D eigenvalue weighted by molar-refractivity contribution is 5.25. The van der Waals surface area contributed by atoms with Gasteiger partial charge in [-0.2, -0.15) is 0 Å². The van der Waals surface area contributed by atoms with Crippen LogP contribution in [0.4, 0.5) is 0 Å². The average molecular weight is 234 g/mol. The first-order valence-electron chi connectivity index (χ1n) is 6.64. The number of hydrogen-bond donors (Lipinski definition) is 1. The number of ether oxygens (including phenoxy) is 1. The van der Waals surface area contributed by atoms with Gasteiger partial charge < -0.3 is 10.5 Å². The molecule has 3 nitrogen and oxygen atoms in total. The van der Waals surface area contributed by atoms with Crippen LogP contribution >= 0.6 is 0 Å². The molecule has 1 fully saturated rings. The maximum absolute atomic E-state index is 5.81. The molecule has 0 bridgehead atoms. The quantitative estimate of drug-likeness (QED) is 0.852. The molecule has 1 aromatic heterocycles. The maximum atomic E-state index is 5.81. The van der Waals surface area contributed by atoms with Gasteiger partial charge in [-0.05, 0) is 36.8 Å². The van der Waals surface area contributed by atoms with Crippen LogP contribution in [0, 0.1) is 5.92 Å². The smallest absolute Gasteiger partial charge is 0.213 e. The summed E-state index contributed by atoms with van der Waals surface area (Å²) in [4.78, 5) is 4.48. The van der Waals surface area contributed by atoms with Gasteiger partial charge in [0.2, 0.25) is 5.88 Å². The summed E-state index contributed by atoms with van der Waals surface area (Å²) in [6.07, 6.45) is 6.23. The average Bonchev–Trinajstić information content (AvgIpc) is 2.89. The van der Waals surface area contributed by atoms with E-state index in [2.05, 4.69) is 18.0 Å². The molecule has 1 aromatic rings. The number of hydrogen-bond acceptors (Lipinski definition) is 3. The molecule has 1 aliphatic rings. The minimum atomic E-state index is 0.551. The molecule has 2 rings (SSSR count). The molecule has 0 atom stereocenters. The molecule has 0 spiro atoms. The molecule has 1 aliphatic carbocycles. The number of nitrogens with two attached hydrogens (primary N) is 1. The summed E-state index contributed by atoms with van der Waals surface area (Å²) in [7, 11) is 0. The standard InChI is InChI=1S/C14H22N2O/c1-2-13-7-12(9-15)8-14(16-13)17-10-11-5-3-4-6-11/h7-8,11H,2-6,9-10,15H2,1H3. The molecule has 0 aromatic carbocycles. The van der Waals surface area contributed by atoms with Crippen molar-refractivity contribution in [3.63, 3.8) is 0 Å². The Bertz CT molecular complexity index is 337. The molecule has 0 aliphatic heterocycles. The highest BCUT2D eigenvalue weighted by atomic mass is 16.5. The van der Waals surface area contributed by atoms with E-state index in [9.17, 15) is 0 Å². The van der Waals surface area contributed by atoms with Gasteiger partial charge in [-0.25, -0.2) is 4.98 Å². The number of nitrogens with zero attached hydrogens (tertiary/aromatic N) is 1. The molecular formula is C14H22N2O. The number of aromatic nitrogens is 1. The number of pyridine rings is 1. The van der Waals surface area contributed by atoms with E-state index in [0.29, 0.717) is 6.54 Å². The van der Waals surface area contributed by atoms with Crippen LogP contribution in [0.5, 0.6) is 5.88 Å². The Morgan fingerprint density at radius 2 is 2.12 bits per heavy atom. The molecule has 17 heavy (non-hydrogen) atoms. The van der Waals surface area contributed by atoms with Gasteiger partial charge in [-0.3, -0.25) is 0 Å². The fourth-order valence-corrected chi connectivity index (χ4v) is 2.37. The largest absolute Gasteiger partial charge is 0.477 e. The van der Waals surface area contributed by atoms with Crippen molar-refractivity contribution in [1.29, 1.82) is 0 Å². The minimum Gasteiger partial charge on any atom is -0.477 e. The zero-order valence-corrected chi connectivity index (χ0v) is 10.6. The van der Waals surface area contributed by atoms with Crippen molar-refractivity contribution in [3.05, 3.63) is 23.4 Å². The van der Waals surface area contributed by atoms with Crippen molar-refractivity contribution in [3.8, 4) is 5.88 Å². The maximum Gasteiger partial charge on any atom is 0.213 e. The van der Waals surface area contributed by atoms with E-state index in [1.807, 2.05) is 6.07 Å². The Morgan fingerprint density at radius 3 is 2.76 bits per heavy atom. The lowest BCUT2D eigenvalue weighted by molar-refractivity contribution is 0.243. The SMILES string of the molecule is CCc1cc(CN)cc(OCC2CCCC2)n1. The van der Waals surface area contributed by atoms with Crippen molar-refractivity contribution < 1.29 is 4.74 Å². The normalized spacial score (nSPS) is 16.4. The molecule has 1 heterocycles. The van der Waals surface area contributed by atoms with Crippen molar-refractivity contribution in [1.82, 2.24) is 4.98 Å². The van der Waals surface area contributed by atoms with Crippen LogP contribution in [0.25, 0.3) is 0 Å². The van der Waals surface area contributed by atoms with Crippen LogP contribution in [0.2, 0.25) is 0 Å². The Balaban J connectivity index is 1.98. The zero-order chi connectivity index (χ0) is 12.1. The van der Waals surface area contributed by atoms with Crippen molar-refractivity contribution in [2.45, 2.75) is 45.6 Å². The second-order valence-electron chi connectivity index (χ2n) is 4.82. The van der Waals surface area contributed by atoms with Crippen LogP contribution in [0.15, 0.2) is 12.1 Å². The van der Waals surface area contributed by atoms with Crippen molar-refractivity contribution in [2.75, 3.05) is 6.61 Å². The number of aryl methyl sites for hydroxylation is 1. The lowest BCUT2D eigenvalue weighted by Gasteiger charge is -2.12. The van der Waals surface area contributed by atoms with E-state index in [1.165, 1.54) is 25.7 Å². The van der Waals surface area contributed by atoms with Gasteiger partial charge in [0.1, 0.15) is 0 Å². The van der Waals surface area contributed by atoms with Gasteiger partial charge in [0, 0.05) is 18.3 Å². The fraction of sp³-hybridized carbons (Fsp3) is 0.643. The molecule has 1 saturated carbocycles. The van der Waals surface area contributed by atoms with Gasteiger partial charge in [0.25, 0.3) is 0 Å². The predicted octanol–water partition coefficient (Wildman–Crippen LogP) is 2.67. The molecular weight excluding hydrogens is 212 g/mol. The summed E-state index contributed by atoms with van der Waals surface area (Å²) >= 11 is 0. The minimum absolute atomic E-state index is 0.551. The Hall–Kier alpha value is -1.09. The van der Waals surface area contributed by atoms with Crippen LogP contribution in [-0.4, -0.2) is 11.6 Å². The summed E-state index contributed by atoms with van der Waals surface area (Å²) in [6, 6.07) is 4.02. The van der Waals surface area contributed by atoms with Crippen molar-refractivity contribution in [2.24, 2.45) is 11.7 Å². The summed E-state index contributed by atoms with van der Waals surface area (Å²) in [5, 5.41) is 0. The first-order chi connectivity index (χ1) is 8.31. The lowest BCUT2D eigenvalue weighted by atomic mass is 10.1. The van der Waals surface area contributed by atoms with E-state index in [4.69, 9.17) is 10.5 Å². The van der Waals surface area contributed by atoms with E-state index in [0.717, 1.165) is 36.1 Å². The second kappa shape index (κ2) is 6.01. The van der Waals surface area contributed by atoms with Crippen LogP contribution in [0.1, 0.15) is 43.9 Å². The van der Waals surface area contributed by atoms with E-state index < -0.39 is 0 Å². The first-order valence-corrected chi connectivity index (χ1v) is 6.64. The lowest BCUT2D eigenvalue weighted by Crippen LogP contribution is -2.10. The Morgan fingerprint density at radius 1 is 1.35 bits per heavy atom. The van der Waals surface area contributed by atoms with Crippen LogP contribution in [0.3, 0.4) is 0 Å². The second-order valence-corrected chi connectivity index (χ2v) is 4.82. The molecule has 0 saturated heterocycles. The summed E-state index contributed by atoms with van der Waals surface area (Å²) < 4.78 is 5.81. The summed E-state index contributed by atoms with van der Waals surface area (Å²) in [6.45, 7) is 3.46. The third-order valence-electron chi connectivity index (χ3n) is 3.45. The molecule has 3 heteroatoms. The van der Waals surface area contributed by atoms with Gasteiger partial charge in [0.05, 0.1) is 6.61 Å². The van der Waals surface area contributed by atoms with Gasteiger partial charge >= 0.3 is 0 Å². The fourth-order valence-electron chi connectivity index (χ4n) is 2.37. The predicted molar refractivity (Wildman–Crippen MR) is 69.0 cm³/mol. The summed E-state index contributed by atoms with van der Waals surface area (Å²) in [5.74, 6) is 1.47. The highest BCUT2D eigenvalue weighted by Gasteiger charge is 2.15. The molecule has 2 N–H and O–H groups in total. The molecule has 94 valence electrons. The third kappa shape index (κ3) is 3.43. The van der Waals surface area contributed by atoms with E-state index in [-0.39, 0.29) is 0 Å². The van der Waals surface area contributed by atoms with Gasteiger partial charge in [0.15, 0.2) is 0 Å². The molecule has 0 amide bonds. The summed E-state index contributed by atoms with van der Waals surface area (Å²) in [5.41, 5.74) is 7.85. The molecule has 0 unspecified atom stereocenters. The van der Waals surface area contributed by atoms with E-state index >= 15 is 0 Å². The number of rotatable bonds is 5. The zero-order valence-electron chi connectivity index (χ0n) is 10.6. The Labute approximate surface area is 103 Å². The topological polar surface area (TPSA) is 48.1 Å². The third-order valence-corrected chi connectivity index (χ3v) is 3.45. The monoisotopic (exact) mass is 234 g/mol. The van der Waals surface area contributed by atoms with Crippen LogP contribution in [-0.2, 0) is 13.0 Å².